The highest BCUT2D eigenvalue weighted by Gasteiger charge is 1.98. The normalized spacial score (nSPS) is 12.2. The second kappa shape index (κ2) is 29.8. The molecule has 0 saturated heterocycles. The Morgan fingerprint density at radius 2 is 1.11 bits per heavy atom. The average Bonchev–Trinajstić information content (AvgIpc) is 2.90. The molecule has 0 aromatic rings. The minimum Gasteiger partial charge on any atom is -0.384 e. The van der Waals surface area contributed by atoms with Crippen molar-refractivity contribution in [3.8, 4) is 47.9 Å². The fraction of sp³-hybridized carbons (Fsp3) is 0.647. The van der Waals surface area contributed by atoms with Crippen molar-refractivity contribution < 1.29 is 15.3 Å². The summed E-state index contributed by atoms with van der Waals surface area (Å²) in [5.74, 6) is 19.0. The first kappa shape index (κ1) is 34.6. The first-order chi connectivity index (χ1) is 18.2. The monoisotopic (exact) mass is 506 g/mol. The molecule has 0 aromatic heterocycles. The molecular formula is C34H50O3. The maximum Gasteiger partial charge on any atom is 0.133 e. The molecule has 3 N–H and O–H groups in total. The van der Waals surface area contributed by atoms with Gasteiger partial charge in [0.2, 0.25) is 0 Å². The number of terminal acetylenes is 1. The van der Waals surface area contributed by atoms with Gasteiger partial charge in [0.25, 0.3) is 0 Å². The predicted molar refractivity (Wildman–Crippen MR) is 157 cm³/mol. The summed E-state index contributed by atoms with van der Waals surface area (Å²) in [5, 5.41) is 27.4. The van der Waals surface area contributed by atoms with E-state index in [1.165, 1.54) is 70.6 Å². The lowest BCUT2D eigenvalue weighted by molar-refractivity contribution is 0.217. The van der Waals surface area contributed by atoms with Gasteiger partial charge >= 0.3 is 0 Å². The number of allylic oxidation sites excluding steroid dienone is 3. The molecule has 0 radical (unpaired) electrons. The van der Waals surface area contributed by atoms with E-state index in [2.05, 4.69) is 53.6 Å². The van der Waals surface area contributed by atoms with Crippen LogP contribution in [0.3, 0.4) is 0 Å². The van der Waals surface area contributed by atoms with Crippen LogP contribution in [0.25, 0.3) is 0 Å². The Morgan fingerprint density at radius 1 is 0.595 bits per heavy atom. The lowest BCUT2D eigenvalue weighted by Crippen LogP contribution is -2.01. The van der Waals surface area contributed by atoms with E-state index >= 15 is 0 Å². The standard InChI is InChI=1S/C34H50O3/c1-2-33(36)29-25-22-20-18-16-14-12-10-8-6-4-3-5-7-9-11-13-15-17-19-21-23-26-30-34(37)31-27-24-28-32-35/h1,3,5,25,29,33-37H,4,6-14,16,18-23,26,30,32H2. The van der Waals surface area contributed by atoms with Crippen molar-refractivity contribution in [1.29, 1.82) is 0 Å². The molecular weight excluding hydrogens is 456 g/mol. The SMILES string of the molecule is C#CC(O)C=CCCCCCCCCCCC=CCCCCC#CCCCCCC(O)C#CC#CCO. The Hall–Kier alpha value is -2.40. The molecule has 0 aromatic carbocycles. The quantitative estimate of drug-likeness (QED) is 0.0904. The molecule has 0 aliphatic carbocycles. The molecule has 204 valence electrons. The Morgan fingerprint density at radius 3 is 1.70 bits per heavy atom. The molecule has 37 heavy (non-hydrogen) atoms. The Balaban J connectivity index is 3.35. The summed E-state index contributed by atoms with van der Waals surface area (Å²) in [5.41, 5.74) is 0. The smallest absolute Gasteiger partial charge is 0.133 e. The zero-order valence-corrected chi connectivity index (χ0v) is 23.0. The zero-order chi connectivity index (χ0) is 27.1. The van der Waals surface area contributed by atoms with Crippen molar-refractivity contribution in [2.75, 3.05) is 6.61 Å². The average molecular weight is 507 g/mol. The molecule has 0 aliphatic rings. The molecule has 3 nitrogen and oxygen atoms in total. The second-order valence-corrected chi connectivity index (χ2v) is 9.36. The van der Waals surface area contributed by atoms with Gasteiger partial charge in [-0.3, -0.25) is 0 Å². The molecule has 0 aliphatic heterocycles. The maximum absolute atomic E-state index is 9.70. The minimum absolute atomic E-state index is 0.200. The summed E-state index contributed by atoms with van der Waals surface area (Å²) in [6.45, 7) is -0.200. The van der Waals surface area contributed by atoms with Gasteiger partial charge in [-0.05, 0) is 82.1 Å². The fourth-order valence-corrected chi connectivity index (χ4v) is 3.76. The summed E-state index contributed by atoms with van der Waals surface area (Å²) in [7, 11) is 0. The van der Waals surface area contributed by atoms with Crippen LogP contribution in [-0.2, 0) is 0 Å². The van der Waals surface area contributed by atoms with Gasteiger partial charge in [0.1, 0.15) is 18.8 Å². The fourth-order valence-electron chi connectivity index (χ4n) is 3.76. The topological polar surface area (TPSA) is 60.7 Å². The lowest BCUT2D eigenvalue weighted by Gasteiger charge is -2.01. The molecule has 2 unspecified atom stereocenters. The van der Waals surface area contributed by atoms with Crippen LogP contribution in [0.2, 0.25) is 0 Å². The number of unbranched alkanes of at least 4 members (excludes halogenated alkanes) is 15. The molecule has 2 atom stereocenters. The first-order valence-electron chi connectivity index (χ1n) is 14.4. The minimum atomic E-state index is -0.728. The first-order valence-corrected chi connectivity index (χ1v) is 14.4. The number of aliphatic hydroxyl groups excluding tert-OH is 3. The molecule has 0 spiro atoms. The number of hydrogen-bond donors (Lipinski definition) is 3. The van der Waals surface area contributed by atoms with Crippen molar-refractivity contribution in [3.63, 3.8) is 0 Å². The maximum atomic E-state index is 9.70. The van der Waals surface area contributed by atoms with E-state index in [1.54, 1.807) is 6.08 Å². The summed E-state index contributed by atoms with van der Waals surface area (Å²) in [6.07, 6.45) is 34.0. The second-order valence-electron chi connectivity index (χ2n) is 9.36. The van der Waals surface area contributed by atoms with E-state index in [0.29, 0.717) is 6.42 Å². The molecule has 0 bridgehead atoms. The van der Waals surface area contributed by atoms with Crippen molar-refractivity contribution in [2.24, 2.45) is 0 Å². The van der Waals surface area contributed by atoms with Gasteiger partial charge in [0.05, 0.1) is 0 Å². The van der Waals surface area contributed by atoms with Crippen molar-refractivity contribution in [2.45, 2.75) is 134 Å². The Labute approximate surface area is 228 Å². The van der Waals surface area contributed by atoms with Crippen molar-refractivity contribution in [3.05, 3.63) is 24.3 Å². The van der Waals surface area contributed by atoms with Crippen LogP contribution in [0.4, 0.5) is 0 Å². The number of rotatable bonds is 21. The third-order valence-electron chi connectivity index (χ3n) is 5.94. The largest absolute Gasteiger partial charge is 0.384 e. The van der Waals surface area contributed by atoms with Crippen LogP contribution < -0.4 is 0 Å². The van der Waals surface area contributed by atoms with E-state index in [0.717, 1.165) is 44.9 Å². The van der Waals surface area contributed by atoms with Crippen LogP contribution in [0.1, 0.15) is 122 Å². The molecule has 0 heterocycles. The summed E-state index contributed by atoms with van der Waals surface area (Å²) >= 11 is 0. The number of hydrogen-bond acceptors (Lipinski definition) is 3. The van der Waals surface area contributed by atoms with Gasteiger partial charge < -0.3 is 15.3 Å². The summed E-state index contributed by atoms with van der Waals surface area (Å²) < 4.78 is 0. The molecule has 0 fully saturated rings. The third kappa shape index (κ3) is 29.7. The predicted octanol–water partition coefficient (Wildman–Crippen LogP) is 6.87. The highest BCUT2D eigenvalue weighted by molar-refractivity contribution is 5.27. The van der Waals surface area contributed by atoms with Crippen LogP contribution >= 0.6 is 0 Å². The lowest BCUT2D eigenvalue weighted by atomic mass is 10.1. The van der Waals surface area contributed by atoms with Crippen LogP contribution in [-0.4, -0.2) is 34.1 Å². The van der Waals surface area contributed by atoms with Gasteiger partial charge in [-0.2, -0.15) is 0 Å². The van der Waals surface area contributed by atoms with E-state index in [4.69, 9.17) is 11.5 Å². The van der Waals surface area contributed by atoms with Crippen molar-refractivity contribution >= 4 is 0 Å². The summed E-state index contributed by atoms with van der Waals surface area (Å²) in [4.78, 5) is 0. The van der Waals surface area contributed by atoms with Gasteiger partial charge in [0.15, 0.2) is 0 Å². The molecule has 0 saturated carbocycles. The highest BCUT2D eigenvalue weighted by Crippen LogP contribution is 2.11. The van der Waals surface area contributed by atoms with E-state index in [9.17, 15) is 10.2 Å². The van der Waals surface area contributed by atoms with Crippen LogP contribution in [0, 0.1) is 47.9 Å². The van der Waals surface area contributed by atoms with Crippen LogP contribution in [0.5, 0.6) is 0 Å². The Kier molecular flexibility index (Phi) is 27.9. The van der Waals surface area contributed by atoms with Gasteiger partial charge in [-0.25, -0.2) is 0 Å². The highest BCUT2D eigenvalue weighted by atomic mass is 16.3. The van der Waals surface area contributed by atoms with Gasteiger partial charge in [-0.15, -0.1) is 18.3 Å². The van der Waals surface area contributed by atoms with E-state index in [1.807, 2.05) is 6.08 Å². The molecule has 0 amide bonds. The van der Waals surface area contributed by atoms with Crippen molar-refractivity contribution in [1.82, 2.24) is 0 Å². The molecule has 3 heteroatoms. The van der Waals surface area contributed by atoms with Gasteiger partial charge in [0, 0.05) is 12.8 Å². The number of aliphatic hydroxyl groups is 3. The van der Waals surface area contributed by atoms with E-state index < -0.39 is 12.2 Å². The Bertz CT molecular complexity index is 798. The van der Waals surface area contributed by atoms with Gasteiger partial charge in [-0.1, -0.05) is 80.9 Å². The summed E-state index contributed by atoms with van der Waals surface area (Å²) in [6, 6.07) is 0. The zero-order valence-electron chi connectivity index (χ0n) is 23.0. The van der Waals surface area contributed by atoms with E-state index in [-0.39, 0.29) is 6.61 Å². The third-order valence-corrected chi connectivity index (χ3v) is 5.94. The van der Waals surface area contributed by atoms with Crippen LogP contribution in [0.15, 0.2) is 24.3 Å². The molecule has 0 rings (SSSR count).